The minimum absolute atomic E-state index is 0.444. The van der Waals surface area contributed by atoms with Crippen molar-refractivity contribution < 1.29 is 0 Å². The molecule has 1 atom stereocenters. The quantitative estimate of drug-likeness (QED) is 0.799. The van der Waals surface area contributed by atoms with Crippen LogP contribution in [0.25, 0.3) is 0 Å². The molecule has 2 aromatic rings. The van der Waals surface area contributed by atoms with Crippen molar-refractivity contribution in [2.24, 2.45) is 0 Å². The third kappa shape index (κ3) is 1.55. The second-order valence-corrected chi connectivity index (χ2v) is 5.95. The van der Waals surface area contributed by atoms with E-state index in [0.717, 1.165) is 6.54 Å². The predicted octanol–water partition coefficient (Wildman–Crippen LogP) is 3.35. The van der Waals surface area contributed by atoms with E-state index in [1.807, 2.05) is 22.7 Å². The van der Waals surface area contributed by atoms with Crippen LogP contribution in [0.5, 0.6) is 0 Å². The summed E-state index contributed by atoms with van der Waals surface area (Å²) < 4.78 is 0. The van der Waals surface area contributed by atoms with Gasteiger partial charge in [0.25, 0.3) is 0 Å². The highest BCUT2D eigenvalue weighted by Crippen LogP contribution is 2.35. The maximum Gasteiger partial charge on any atom is 0.0684 e. The summed E-state index contributed by atoms with van der Waals surface area (Å²) in [4.78, 5) is 2.96. The molecule has 3 heterocycles. The summed E-state index contributed by atoms with van der Waals surface area (Å²) in [6.45, 7) is 3.31. The second kappa shape index (κ2) is 3.74. The summed E-state index contributed by atoms with van der Waals surface area (Å²) in [5, 5.41) is 8.03. The molecule has 1 nitrogen and oxygen atoms in total. The molecule has 0 saturated heterocycles. The average Bonchev–Trinajstić information content (AvgIpc) is 2.85. The average molecular weight is 235 g/mol. The summed E-state index contributed by atoms with van der Waals surface area (Å²) in [5.41, 5.74) is 3.00. The maximum atomic E-state index is 3.62. The normalized spacial score (nSPS) is 20.2. The first-order valence-corrected chi connectivity index (χ1v) is 6.96. The molecule has 0 aliphatic carbocycles. The van der Waals surface area contributed by atoms with Gasteiger partial charge in [0, 0.05) is 16.3 Å². The molecule has 3 heteroatoms. The van der Waals surface area contributed by atoms with Gasteiger partial charge in [-0.3, -0.25) is 0 Å². The van der Waals surface area contributed by atoms with Gasteiger partial charge in [0.1, 0.15) is 0 Å². The van der Waals surface area contributed by atoms with Crippen LogP contribution in [0.3, 0.4) is 0 Å². The van der Waals surface area contributed by atoms with Crippen LogP contribution >= 0.6 is 22.7 Å². The van der Waals surface area contributed by atoms with E-state index < -0.39 is 0 Å². The highest BCUT2D eigenvalue weighted by molar-refractivity contribution is 7.10. The second-order valence-electron chi connectivity index (χ2n) is 3.88. The molecule has 1 N–H and O–H groups in total. The van der Waals surface area contributed by atoms with E-state index in [9.17, 15) is 0 Å². The number of hydrogen-bond donors (Lipinski definition) is 1. The zero-order valence-corrected chi connectivity index (χ0v) is 10.3. The van der Waals surface area contributed by atoms with Gasteiger partial charge in [0.2, 0.25) is 0 Å². The molecule has 0 aromatic carbocycles. The Morgan fingerprint density at radius 2 is 2.13 bits per heavy atom. The summed E-state index contributed by atoms with van der Waals surface area (Å²) in [6, 6.07) is 4.97. The molecule has 0 bridgehead atoms. The van der Waals surface area contributed by atoms with Gasteiger partial charge in [-0.1, -0.05) is 0 Å². The minimum atomic E-state index is 0.444. The van der Waals surface area contributed by atoms with E-state index in [2.05, 4.69) is 35.1 Å². The highest BCUT2D eigenvalue weighted by Gasteiger charge is 2.23. The van der Waals surface area contributed by atoms with E-state index in [1.165, 1.54) is 27.3 Å². The van der Waals surface area contributed by atoms with Gasteiger partial charge in [-0.05, 0) is 47.4 Å². The Bertz CT molecular complexity index is 469. The number of aryl methyl sites for hydroxylation is 1. The number of hydrogen-bond acceptors (Lipinski definition) is 3. The Morgan fingerprint density at radius 3 is 2.93 bits per heavy atom. The van der Waals surface area contributed by atoms with E-state index >= 15 is 0 Å². The fourth-order valence-electron chi connectivity index (χ4n) is 2.20. The van der Waals surface area contributed by atoms with Crippen LogP contribution in [-0.2, 0) is 6.42 Å². The van der Waals surface area contributed by atoms with Crippen LogP contribution in [0, 0.1) is 6.92 Å². The van der Waals surface area contributed by atoms with E-state index in [0.29, 0.717) is 6.04 Å². The summed E-state index contributed by atoms with van der Waals surface area (Å²) in [6.07, 6.45) is 1.18. The molecule has 0 saturated carbocycles. The summed E-state index contributed by atoms with van der Waals surface area (Å²) in [5.74, 6) is 0. The Balaban J connectivity index is 2.07. The number of rotatable bonds is 1. The summed E-state index contributed by atoms with van der Waals surface area (Å²) >= 11 is 3.72. The van der Waals surface area contributed by atoms with Crippen molar-refractivity contribution in [1.82, 2.24) is 5.32 Å². The van der Waals surface area contributed by atoms with Crippen LogP contribution < -0.4 is 5.32 Å². The zero-order chi connectivity index (χ0) is 10.3. The van der Waals surface area contributed by atoms with E-state index in [4.69, 9.17) is 0 Å². The van der Waals surface area contributed by atoms with Crippen molar-refractivity contribution in [3.63, 3.8) is 0 Å². The first-order chi connectivity index (χ1) is 7.36. The van der Waals surface area contributed by atoms with Gasteiger partial charge in [-0.15, -0.1) is 22.7 Å². The molecule has 0 spiro atoms. The summed E-state index contributed by atoms with van der Waals surface area (Å²) in [7, 11) is 0. The molecule has 0 amide bonds. The lowest BCUT2D eigenvalue weighted by atomic mass is 9.98. The molecular weight excluding hydrogens is 222 g/mol. The lowest BCUT2D eigenvalue weighted by Gasteiger charge is -2.24. The zero-order valence-electron chi connectivity index (χ0n) is 8.62. The maximum absolute atomic E-state index is 3.62. The van der Waals surface area contributed by atoms with Crippen molar-refractivity contribution in [3.8, 4) is 0 Å². The van der Waals surface area contributed by atoms with Gasteiger partial charge in [0.15, 0.2) is 0 Å². The van der Waals surface area contributed by atoms with Crippen molar-refractivity contribution >= 4 is 22.7 Å². The molecule has 15 heavy (non-hydrogen) atoms. The topological polar surface area (TPSA) is 12.0 Å². The molecule has 78 valence electrons. The van der Waals surface area contributed by atoms with Gasteiger partial charge < -0.3 is 5.32 Å². The molecule has 1 aliphatic heterocycles. The smallest absolute Gasteiger partial charge is 0.0684 e. The van der Waals surface area contributed by atoms with Crippen molar-refractivity contribution in [3.05, 3.63) is 43.8 Å². The van der Waals surface area contributed by atoms with Crippen molar-refractivity contribution in [1.29, 1.82) is 0 Å². The predicted molar refractivity (Wildman–Crippen MR) is 66.9 cm³/mol. The van der Waals surface area contributed by atoms with E-state index in [-0.39, 0.29) is 0 Å². The lowest BCUT2D eigenvalue weighted by Crippen LogP contribution is -2.29. The van der Waals surface area contributed by atoms with Crippen LogP contribution in [0.1, 0.15) is 26.9 Å². The lowest BCUT2D eigenvalue weighted by molar-refractivity contribution is 0.578. The highest BCUT2D eigenvalue weighted by atomic mass is 32.1. The molecule has 2 aromatic heterocycles. The number of thiophene rings is 2. The third-order valence-electron chi connectivity index (χ3n) is 3.00. The number of nitrogens with one attached hydrogen (secondary N) is 1. The molecule has 1 unspecified atom stereocenters. The molecule has 0 fully saturated rings. The number of fused-ring (bicyclic) bond motifs is 1. The minimum Gasteiger partial charge on any atom is -0.305 e. The molecule has 1 aliphatic rings. The standard InChI is InChI=1S/C12H13NS2/c1-8-10(4-7-14-8)11-12-9(2-5-13-11)3-6-15-12/h3-4,6-7,11,13H,2,5H2,1H3. The molecular formula is C12H13NS2. The molecule has 0 radical (unpaired) electrons. The van der Waals surface area contributed by atoms with Gasteiger partial charge in [0.05, 0.1) is 6.04 Å². The largest absolute Gasteiger partial charge is 0.305 e. The van der Waals surface area contributed by atoms with E-state index in [1.54, 1.807) is 0 Å². The Labute approximate surface area is 97.8 Å². The Hall–Kier alpha value is -0.640. The first kappa shape index (κ1) is 9.58. The first-order valence-electron chi connectivity index (χ1n) is 5.20. The van der Waals surface area contributed by atoms with Gasteiger partial charge in [-0.25, -0.2) is 0 Å². The Morgan fingerprint density at radius 1 is 1.27 bits per heavy atom. The SMILES string of the molecule is Cc1sccc1C1NCCc2ccsc21. The molecule has 3 rings (SSSR count). The van der Waals surface area contributed by atoms with Crippen LogP contribution in [-0.4, -0.2) is 6.54 Å². The van der Waals surface area contributed by atoms with Crippen LogP contribution in [0.15, 0.2) is 22.9 Å². The third-order valence-corrected chi connectivity index (χ3v) is 4.88. The van der Waals surface area contributed by atoms with Crippen LogP contribution in [0.2, 0.25) is 0 Å². The fourth-order valence-corrected chi connectivity index (χ4v) is 3.98. The van der Waals surface area contributed by atoms with Crippen LogP contribution in [0.4, 0.5) is 0 Å². The fraction of sp³-hybridized carbons (Fsp3) is 0.333. The Kier molecular flexibility index (Phi) is 2.39. The van der Waals surface area contributed by atoms with Crippen molar-refractivity contribution in [2.75, 3.05) is 6.54 Å². The van der Waals surface area contributed by atoms with Crippen molar-refractivity contribution in [2.45, 2.75) is 19.4 Å². The monoisotopic (exact) mass is 235 g/mol. The van der Waals surface area contributed by atoms with Gasteiger partial charge in [-0.2, -0.15) is 0 Å². The van der Waals surface area contributed by atoms with Gasteiger partial charge >= 0.3 is 0 Å².